The van der Waals surface area contributed by atoms with Crippen molar-refractivity contribution in [2.24, 2.45) is 0 Å². The number of hydrogen-bond donors (Lipinski definition) is 2. The minimum absolute atomic E-state index is 0.0938. The largest absolute Gasteiger partial charge is 0.394 e. The smallest absolute Gasteiger partial charge is 0.184 e. The van der Waals surface area contributed by atoms with Crippen molar-refractivity contribution in [1.29, 1.82) is 0 Å². The number of fused-ring (bicyclic) bond motifs is 2. The fraction of sp³-hybridized carbons (Fsp3) is 0.400. The van der Waals surface area contributed by atoms with E-state index in [0.717, 1.165) is 11.1 Å². The van der Waals surface area contributed by atoms with E-state index < -0.39 is 37.0 Å². The molecule has 2 aromatic carbocycles. The monoisotopic (exact) mass is 426 g/mol. The summed E-state index contributed by atoms with van der Waals surface area (Å²) in [7, 11) is 0. The van der Waals surface area contributed by atoms with Crippen LogP contribution in [0.15, 0.2) is 48.5 Å². The van der Waals surface area contributed by atoms with Crippen molar-refractivity contribution in [2.45, 2.75) is 37.0 Å². The minimum atomic E-state index is -1.01. The summed E-state index contributed by atoms with van der Waals surface area (Å²) in [6.07, 6.45) is -4.73. The van der Waals surface area contributed by atoms with Crippen LogP contribution in [0, 0.1) is 0 Å². The summed E-state index contributed by atoms with van der Waals surface area (Å²) in [6, 6.07) is 14.1. The Morgan fingerprint density at radius 2 is 1.39 bits per heavy atom. The van der Waals surface area contributed by atoms with E-state index in [4.69, 9.17) is 42.1 Å². The Balaban J connectivity index is 1.57. The topological polar surface area (TPSA) is 77.4 Å². The van der Waals surface area contributed by atoms with Gasteiger partial charge < -0.3 is 29.2 Å². The van der Waals surface area contributed by atoms with Gasteiger partial charge in [0.1, 0.15) is 24.4 Å². The first-order chi connectivity index (χ1) is 13.5. The molecule has 2 unspecified atom stereocenters. The van der Waals surface area contributed by atoms with Crippen LogP contribution >= 0.6 is 23.2 Å². The van der Waals surface area contributed by atoms with Crippen LogP contribution in [0.2, 0.25) is 10.0 Å². The molecule has 0 spiro atoms. The predicted molar refractivity (Wildman–Crippen MR) is 102 cm³/mol. The number of benzene rings is 2. The predicted octanol–water partition coefficient (Wildman–Crippen LogP) is 3.24. The number of aliphatic hydroxyl groups excluding tert-OH is 2. The second-order valence-electron chi connectivity index (χ2n) is 6.72. The normalized spacial score (nSPS) is 33.1. The van der Waals surface area contributed by atoms with E-state index in [1.165, 1.54) is 0 Å². The number of aliphatic hydroxyl groups is 2. The molecule has 2 saturated heterocycles. The van der Waals surface area contributed by atoms with E-state index >= 15 is 0 Å². The lowest BCUT2D eigenvalue weighted by Gasteiger charge is -2.45. The first kappa shape index (κ1) is 20.1. The molecule has 6 nitrogen and oxygen atoms in total. The molecule has 6 atom stereocenters. The highest BCUT2D eigenvalue weighted by Crippen LogP contribution is 2.37. The summed E-state index contributed by atoms with van der Waals surface area (Å²) >= 11 is 11.9. The molecular formula is C20H20Cl2O6. The van der Waals surface area contributed by atoms with Crippen LogP contribution in [0.25, 0.3) is 0 Å². The van der Waals surface area contributed by atoms with Crippen LogP contribution in [0.5, 0.6) is 0 Å². The van der Waals surface area contributed by atoms with Crippen molar-refractivity contribution in [3.05, 3.63) is 69.7 Å². The third-order valence-electron chi connectivity index (χ3n) is 4.84. The summed E-state index contributed by atoms with van der Waals surface area (Å²) in [5.41, 5.74) is 1.49. The van der Waals surface area contributed by atoms with Gasteiger partial charge in [0.05, 0.1) is 13.2 Å². The molecule has 2 fully saturated rings. The van der Waals surface area contributed by atoms with Crippen LogP contribution in [0.1, 0.15) is 23.7 Å². The number of halogens is 2. The van der Waals surface area contributed by atoms with Crippen LogP contribution in [-0.2, 0) is 18.9 Å². The van der Waals surface area contributed by atoms with Gasteiger partial charge in [-0.3, -0.25) is 0 Å². The van der Waals surface area contributed by atoms with Crippen molar-refractivity contribution >= 4 is 23.2 Å². The number of hydrogen-bond acceptors (Lipinski definition) is 6. The number of rotatable bonds is 3. The first-order valence-electron chi connectivity index (χ1n) is 8.93. The zero-order chi connectivity index (χ0) is 19.7. The maximum atomic E-state index is 10.6. The summed E-state index contributed by atoms with van der Waals surface area (Å²) in [5, 5.41) is 21.7. The van der Waals surface area contributed by atoms with Crippen molar-refractivity contribution in [2.75, 3.05) is 13.2 Å². The summed E-state index contributed by atoms with van der Waals surface area (Å²) < 4.78 is 23.7. The Kier molecular flexibility index (Phi) is 6.20. The van der Waals surface area contributed by atoms with Crippen molar-refractivity contribution in [3.63, 3.8) is 0 Å². The Labute approximate surface area is 172 Å². The molecule has 150 valence electrons. The molecule has 2 aliphatic heterocycles. The molecule has 28 heavy (non-hydrogen) atoms. The lowest BCUT2D eigenvalue weighted by Crippen LogP contribution is -2.57. The van der Waals surface area contributed by atoms with E-state index in [1.54, 1.807) is 48.5 Å². The highest BCUT2D eigenvalue weighted by molar-refractivity contribution is 6.30. The molecule has 2 aliphatic rings. The second kappa shape index (κ2) is 8.65. The summed E-state index contributed by atoms with van der Waals surface area (Å²) in [6.45, 7) is -0.258. The van der Waals surface area contributed by atoms with Crippen molar-refractivity contribution in [3.8, 4) is 0 Å². The maximum Gasteiger partial charge on any atom is 0.184 e. The minimum Gasteiger partial charge on any atom is -0.394 e. The number of ether oxygens (including phenoxy) is 4. The zero-order valence-corrected chi connectivity index (χ0v) is 16.3. The highest BCUT2D eigenvalue weighted by atomic mass is 35.5. The quantitative estimate of drug-likeness (QED) is 0.784. The van der Waals surface area contributed by atoms with Gasteiger partial charge in [-0.1, -0.05) is 47.5 Å². The van der Waals surface area contributed by atoms with Gasteiger partial charge >= 0.3 is 0 Å². The van der Waals surface area contributed by atoms with E-state index in [0.29, 0.717) is 10.0 Å². The fourth-order valence-corrected chi connectivity index (χ4v) is 3.58. The van der Waals surface area contributed by atoms with Gasteiger partial charge in [-0.05, 0) is 24.3 Å². The first-order valence-corrected chi connectivity index (χ1v) is 9.68. The third-order valence-corrected chi connectivity index (χ3v) is 5.34. The van der Waals surface area contributed by atoms with Gasteiger partial charge in [-0.2, -0.15) is 0 Å². The average Bonchev–Trinajstić information content (AvgIpc) is 2.71. The van der Waals surface area contributed by atoms with Gasteiger partial charge in [0.25, 0.3) is 0 Å². The molecule has 2 aromatic rings. The Morgan fingerprint density at radius 1 is 0.821 bits per heavy atom. The Hall–Kier alpha value is -1.22. The average molecular weight is 427 g/mol. The molecule has 0 amide bonds. The Morgan fingerprint density at radius 3 is 1.96 bits per heavy atom. The van der Waals surface area contributed by atoms with Gasteiger partial charge in [0.2, 0.25) is 0 Å². The third kappa shape index (κ3) is 4.20. The van der Waals surface area contributed by atoms with E-state index in [-0.39, 0.29) is 13.2 Å². The molecule has 2 N–H and O–H groups in total. The maximum absolute atomic E-state index is 10.6. The molecule has 2 heterocycles. The zero-order valence-electron chi connectivity index (χ0n) is 14.8. The van der Waals surface area contributed by atoms with Gasteiger partial charge in [0.15, 0.2) is 12.6 Å². The van der Waals surface area contributed by atoms with Gasteiger partial charge in [-0.15, -0.1) is 0 Å². The van der Waals surface area contributed by atoms with Crippen LogP contribution < -0.4 is 0 Å². The summed E-state index contributed by atoms with van der Waals surface area (Å²) in [5.74, 6) is 0. The molecule has 8 heteroatoms. The van der Waals surface area contributed by atoms with Crippen LogP contribution in [-0.4, -0.2) is 47.8 Å². The highest BCUT2D eigenvalue weighted by Gasteiger charge is 2.46. The molecule has 0 saturated carbocycles. The van der Waals surface area contributed by atoms with E-state index in [9.17, 15) is 10.2 Å². The van der Waals surface area contributed by atoms with E-state index in [1.807, 2.05) is 0 Å². The second-order valence-corrected chi connectivity index (χ2v) is 7.60. The van der Waals surface area contributed by atoms with Gasteiger partial charge in [-0.25, -0.2) is 0 Å². The van der Waals surface area contributed by atoms with Crippen molar-refractivity contribution < 1.29 is 29.2 Å². The molecular weight excluding hydrogens is 407 g/mol. The van der Waals surface area contributed by atoms with Gasteiger partial charge in [0, 0.05) is 21.2 Å². The molecule has 4 rings (SSSR count). The molecule has 0 aromatic heterocycles. The molecule has 0 radical (unpaired) electrons. The standard InChI is InChI=1S/C20H20Cl2O6/c21-13-5-1-11(2-6-13)19-25-10-16-17(24)18(15(9-23)26-19)28-20(27-16)12-3-7-14(22)8-4-12/h1-8,15-20,23-24H,9-10H2/t15-,16+,17-,18-,19?,20?/m0/s1. The van der Waals surface area contributed by atoms with Crippen molar-refractivity contribution in [1.82, 2.24) is 0 Å². The molecule has 2 bridgehead atoms. The lowest BCUT2D eigenvalue weighted by molar-refractivity contribution is -0.352. The lowest BCUT2D eigenvalue weighted by atomic mass is 10.00. The Bertz CT molecular complexity index is 739. The van der Waals surface area contributed by atoms with Crippen LogP contribution in [0.4, 0.5) is 0 Å². The SMILES string of the molecule is OC[C@@H]1OC(c2ccc(Cl)cc2)OC[C@H]2OC(c3ccc(Cl)cc3)O[C@@H]1[C@H]2O. The fourth-order valence-electron chi connectivity index (χ4n) is 3.33. The molecule has 0 aliphatic carbocycles. The summed E-state index contributed by atoms with van der Waals surface area (Å²) in [4.78, 5) is 0. The van der Waals surface area contributed by atoms with Crippen LogP contribution in [0.3, 0.4) is 0 Å². The van der Waals surface area contributed by atoms with E-state index in [2.05, 4.69) is 0 Å².